The molecule has 34 heavy (non-hydrogen) atoms. The Morgan fingerprint density at radius 3 is 1.29 bits per heavy atom. The number of carbonyl (C=O) groups excluding carboxylic acids is 2. The van der Waals surface area contributed by atoms with E-state index in [1.165, 1.54) is 62.4 Å². The van der Waals surface area contributed by atoms with Crippen molar-refractivity contribution in [1.29, 1.82) is 0 Å². The molecule has 178 valence electrons. The van der Waals surface area contributed by atoms with Gasteiger partial charge in [-0.2, -0.15) is 0 Å². The fourth-order valence-corrected chi connectivity index (χ4v) is 5.15. The molecule has 3 aromatic rings. The fourth-order valence-electron chi connectivity index (χ4n) is 3.11. The van der Waals surface area contributed by atoms with Gasteiger partial charge in [-0.05, 0) is 49.2 Å². The zero-order valence-electron chi connectivity index (χ0n) is 18.6. The summed E-state index contributed by atoms with van der Waals surface area (Å²) in [4.78, 5) is 22.8. The zero-order valence-corrected chi connectivity index (χ0v) is 20.2. The smallest absolute Gasteiger partial charge is 0.240 e. The molecule has 0 unspecified atom stereocenters. The van der Waals surface area contributed by atoms with Crippen molar-refractivity contribution in [1.82, 2.24) is 9.44 Å². The van der Waals surface area contributed by atoms with Crippen LogP contribution in [0.15, 0.2) is 82.6 Å². The number of carbonyl (C=O) groups is 2. The van der Waals surface area contributed by atoms with Crippen molar-refractivity contribution in [2.24, 2.45) is 0 Å². The van der Waals surface area contributed by atoms with Gasteiger partial charge < -0.3 is 0 Å². The molecule has 10 heteroatoms. The standard InChI is InChI=1S/C24H24N2O6S2/c1-17(27)21-6-10-23(11-7-21)33(29,30)25-15-19-4-3-5-20(14-19)16-26-34(31,32)24-12-8-22(9-13-24)18(2)28/h3-14,25-26H,15-16H2,1-2H3. The van der Waals surface area contributed by atoms with Crippen molar-refractivity contribution in [3.63, 3.8) is 0 Å². The summed E-state index contributed by atoms with van der Waals surface area (Å²) >= 11 is 0. The minimum Gasteiger partial charge on any atom is -0.295 e. The molecule has 0 spiro atoms. The van der Waals surface area contributed by atoms with Gasteiger partial charge in [0.1, 0.15) is 0 Å². The Kier molecular flexibility index (Phi) is 7.78. The predicted molar refractivity (Wildman–Crippen MR) is 127 cm³/mol. The van der Waals surface area contributed by atoms with Crippen LogP contribution in [0.5, 0.6) is 0 Å². The molecule has 0 aliphatic rings. The van der Waals surface area contributed by atoms with Crippen LogP contribution in [-0.2, 0) is 33.1 Å². The largest absolute Gasteiger partial charge is 0.295 e. The van der Waals surface area contributed by atoms with Crippen LogP contribution in [0.1, 0.15) is 45.7 Å². The summed E-state index contributed by atoms with van der Waals surface area (Å²) < 4.78 is 55.2. The van der Waals surface area contributed by atoms with Gasteiger partial charge in [0.25, 0.3) is 0 Å². The van der Waals surface area contributed by atoms with Gasteiger partial charge in [-0.25, -0.2) is 26.3 Å². The van der Waals surface area contributed by atoms with Gasteiger partial charge in [-0.3, -0.25) is 9.59 Å². The van der Waals surface area contributed by atoms with Gasteiger partial charge in [0, 0.05) is 24.2 Å². The number of ketones is 2. The third-order valence-corrected chi connectivity index (χ3v) is 7.90. The highest BCUT2D eigenvalue weighted by Crippen LogP contribution is 2.14. The van der Waals surface area contributed by atoms with Gasteiger partial charge in [0.05, 0.1) is 9.79 Å². The van der Waals surface area contributed by atoms with Crippen LogP contribution in [0.4, 0.5) is 0 Å². The van der Waals surface area contributed by atoms with Crippen LogP contribution in [0, 0.1) is 0 Å². The van der Waals surface area contributed by atoms with E-state index in [0.29, 0.717) is 22.3 Å². The van der Waals surface area contributed by atoms with Gasteiger partial charge in [0.15, 0.2) is 11.6 Å². The molecule has 0 saturated heterocycles. The first-order chi connectivity index (χ1) is 16.0. The van der Waals surface area contributed by atoms with Crippen molar-refractivity contribution < 1.29 is 26.4 Å². The van der Waals surface area contributed by atoms with E-state index in [0.717, 1.165) is 0 Å². The summed E-state index contributed by atoms with van der Waals surface area (Å²) in [5.41, 5.74) is 2.13. The molecule has 3 rings (SSSR count). The second-order valence-electron chi connectivity index (χ2n) is 7.63. The average molecular weight is 501 g/mol. The quantitative estimate of drug-likeness (QED) is 0.412. The lowest BCUT2D eigenvalue weighted by Crippen LogP contribution is -2.24. The maximum atomic E-state index is 12.5. The maximum Gasteiger partial charge on any atom is 0.240 e. The molecule has 0 heterocycles. The van der Waals surface area contributed by atoms with Crippen molar-refractivity contribution >= 4 is 31.6 Å². The lowest BCUT2D eigenvalue weighted by atomic mass is 10.1. The highest BCUT2D eigenvalue weighted by Gasteiger charge is 2.16. The lowest BCUT2D eigenvalue weighted by molar-refractivity contribution is 0.100. The topological polar surface area (TPSA) is 126 Å². The Hall–Kier alpha value is -3.18. The van der Waals surface area contributed by atoms with Crippen molar-refractivity contribution in [2.75, 3.05) is 0 Å². The summed E-state index contributed by atoms with van der Waals surface area (Å²) in [7, 11) is -7.58. The maximum absolute atomic E-state index is 12.5. The first-order valence-corrected chi connectivity index (χ1v) is 13.2. The summed E-state index contributed by atoms with van der Waals surface area (Å²) in [5, 5.41) is 0. The number of hydrogen-bond donors (Lipinski definition) is 2. The van der Waals surface area contributed by atoms with E-state index < -0.39 is 20.0 Å². The molecular formula is C24H24N2O6S2. The van der Waals surface area contributed by atoms with Crippen LogP contribution in [-0.4, -0.2) is 28.4 Å². The zero-order chi connectivity index (χ0) is 24.9. The second kappa shape index (κ2) is 10.4. The summed E-state index contributed by atoms with van der Waals surface area (Å²) in [6, 6.07) is 18.1. The van der Waals surface area contributed by atoms with E-state index in [2.05, 4.69) is 9.44 Å². The molecule has 0 radical (unpaired) electrons. The Balaban J connectivity index is 1.64. The third-order valence-electron chi connectivity index (χ3n) is 5.07. The van der Waals surface area contributed by atoms with E-state index in [1.54, 1.807) is 24.3 Å². The molecule has 0 aliphatic heterocycles. The molecule has 0 atom stereocenters. The molecule has 0 fully saturated rings. The molecule has 0 aliphatic carbocycles. The Labute approximate surface area is 199 Å². The number of Topliss-reactive ketones (excluding diaryl/α,β-unsaturated/α-hetero) is 2. The molecule has 0 amide bonds. The highest BCUT2D eigenvalue weighted by molar-refractivity contribution is 7.89. The van der Waals surface area contributed by atoms with Crippen LogP contribution < -0.4 is 9.44 Å². The number of sulfonamides is 2. The molecule has 0 aromatic heterocycles. The number of benzene rings is 3. The molecule has 0 bridgehead atoms. The van der Waals surface area contributed by atoms with Gasteiger partial charge >= 0.3 is 0 Å². The Morgan fingerprint density at radius 2 is 0.971 bits per heavy atom. The normalized spacial score (nSPS) is 11.8. The molecule has 2 N–H and O–H groups in total. The number of rotatable bonds is 10. The fraction of sp³-hybridized carbons (Fsp3) is 0.167. The van der Waals surface area contributed by atoms with Crippen molar-refractivity contribution in [3.8, 4) is 0 Å². The monoisotopic (exact) mass is 500 g/mol. The first kappa shape index (κ1) is 25.4. The van der Waals surface area contributed by atoms with Gasteiger partial charge in [-0.15, -0.1) is 0 Å². The van der Waals surface area contributed by atoms with Crippen LogP contribution >= 0.6 is 0 Å². The minimum absolute atomic E-state index is 0.00386. The summed E-state index contributed by atoms with van der Waals surface area (Å²) in [5.74, 6) is -0.310. The van der Waals surface area contributed by atoms with Gasteiger partial charge in [0.2, 0.25) is 20.0 Å². The van der Waals surface area contributed by atoms with E-state index in [4.69, 9.17) is 0 Å². The van der Waals surface area contributed by atoms with Crippen LogP contribution in [0.25, 0.3) is 0 Å². The Morgan fingerprint density at radius 1 is 0.618 bits per heavy atom. The van der Waals surface area contributed by atoms with E-state index in [1.807, 2.05) is 0 Å². The van der Waals surface area contributed by atoms with Crippen LogP contribution in [0.2, 0.25) is 0 Å². The first-order valence-electron chi connectivity index (χ1n) is 10.3. The van der Waals surface area contributed by atoms with Crippen molar-refractivity contribution in [3.05, 3.63) is 95.1 Å². The van der Waals surface area contributed by atoms with E-state index in [9.17, 15) is 26.4 Å². The average Bonchev–Trinajstić information content (AvgIpc) is 2.82. The van der Waals surface area contributed by atoms with E-state index >= 15 is 0 Å². The second-order valence-corrected chi connectivity index (χ2v) is 11.2. The number of hydrogen-bond acceptors (Lipinski definition) is 6. The minimum atomic E-state index is -3.79. The SMILES string of the molecule is CC(=O)c1ccc(S(=O)(=O)NCc2cccc(CNS(=O)(=O)c3ccc(C(C)=O)cc3)c2)cc1. The molecule has 0 saturated carbocycles. The molecular weight excluding hydrogens is 476 g/mol. The van der Waals surface area contributed by atoms with E-state index in [-0.39, 0.29) is 34.4 Å². The lowest BCUT2D eigenvalue weighted by Gasteiger charge is -2.10. The third kappa shape index (κ3) is 6.45. The summed E-state index contributed by atoms with van der Waals surface area (Å²) in [6.45, 7) is 2.81. The van der Waals surface area contributed by atoms with Gasteiger partial charge in [-0.1, -0.05) is 48.5 Å². The summed E-state index contributed by atoms with van der Waals surface area (Å²) in [6.07, 6.45) is 0. The predicted octanol–water partition coefficient (Wildman–Crippen LogP) is 3.05. The number of nitrogens with one attached hydrogen (secondary N) is 2. The highest BCUT2D eigenvalue weighted by atomic mass is 32.2. The van der Waals surface area contributed by atoms with Crippen molar-refractivity contribution in [2.45, 2.75) is 36.7 Å². The molecule has 8 nitrogen and oxygen atoms in total. The van der Waals surface area contributed by atoms with Crippen LogP contribution in [0.3, 0.4) is 0 Å². The molecule has 3 aromatic carbocycles. The Bertz CT molecular complexity index is 1310.